The summed E-state index contributed by atoms with van der Waals surface area (Å²) < 4.78 is 1.09. The number of thiophene rings is 1. The molecule has 3 heterocycles. The van der Waals surface area contributed by atoms with E-state index in [2.05, 4.69) is 52.0 Å². The van der Waals surface area contributed by atoms with Crippen molar-refractivity contribution in [1.82, 2.24) is 20.3 Å². The number of carbonyl (C=O) groups is 1. The van der Waals surface area contributed by atoms with Crippen molar-refractivity contribution in [3.63, 3.8) is 0 Å². The van der Waals surface area contributed by atoms with Crippen molar-refractivity contribution in [3.8, 4) is 0 Å². The number of nitrogens with one attached hydrogen (secondary N) is 1. The minimum absolute atomic E-state index is 0.147. The fourth-order valence-corrected chi connectivity index (χ4v) is 7.69. The first-order valence-electron chi connectivity index (χ1n) is 11.7. The molecule has 5 aromatic rings. The molecule has 3 unspecified atom stereocenters. The molecule has 6 rings (SSSR count). The second kappa shape index (κ2) is 9.20. The quantitative estimate of drug-likeness (QED) is 0.241. The van der Waals surface area contributed by atoms with Gasteiger partial charge in [0.15, 0.2) is 4.83 Å². The van der Waals surface area contributed by atoms with E-state index in [4.69, 9.17) is 0 Å². The number of aryl methyl sites for hydroxylation is 1. The van der Waals surface area contributed by atoms with Crippen LogP contribution in [0.4, 0.5) is 0 Å². The lowest BCUT2D eigenvalue weighted by atomic mass is 9.84. The molecule has 1 amide bonds. The predicted molar refractivity (Wildman–Crippen MR) is 144 cm³/mol. The average Bonchev–Trinajstić information content (AvgIpc) is 3.50. The number of benzene rings is 3. The van der Waals surface area contributed by atoms with E-state index >= 15 is 0 Å². The van der Waals surface area contributed by atoms with E-state index < -0.39 is 16.8 Å². The number of rotatable bonds is 7. The second-order valence-electron chi connectivity index (χ2n) is 8.85. The fourth-order valence-electron chi connectivity index (χ4n) is 4.86. The van der Waals surface area contributed by atoms with E-state index in [0.29, 0.717) is 0 Å². The van der Waals surface area contributed by atoms with Crippen LogP contribution in [0.15, 0.2) is 97.1 Å². The maximum Gasteiger partial charge on any atom is 0.229 e. The molecule has 0 aliphatic carbocycles. The first-order valence-corrected chi connectivity index (χ1v) is 13.4. The van der Waals surface area contributed by atoms with Crippen LogP contribution in [-0.4, -0.2) is 31.4 Å². The lowest BCUT2D eigenvalue weighted by Crippen LogP contribution is -2.59. The van der Waals surface area contributed by atoms with Gasteiger partial charge in [-0.15, -0.1) is 28.2 Å². The van der Waals surface area contributed by atoms with Crippen molar-refractivity contribution >= 4 is 39.4 Å². The average molecular weight is 513 g/mol. The summed E-state index contributed by atoms with van der Waals surface area (Å²) in [7, 11) is 1.82. The predicted octanol–water partition coefficient (Wildman–Crippen LogP) is 4.86. The molecule has 1 fully saturated rings. The van der Waals surface area contributed by atoms with Crippen LogP contribution in [0.2, 0.25) is 0 Å². The van der Waals surface area contributed by atoms with Crippen LogP contribution < -0.4 is 5.32 Å². The monoisotopic (exact) mass is 512 g/mol. The zero-order valence-electron chi connectivity index (χ0n) is 19.5. The van der Waals surface area contributed by atoms with E-state index in [1.165, 1.54) is 11.3 Å². The molecule has 0 spiro atoms. The van der Waals surface area contributed by atoms with Crippen LogP contribution in [0.1, 0.15) is 27.7 Å². The summed E-state index contributed by atoms with van der Waals surface area (Å²) in [4.78, 5) is 14.3. The number of hydrogen-bond acceptors (Lipinski definition) is 6. The second-order valence-corrected chi connectivity index (χ2v) is 11.3. The van der Waals surface area contributed by atoms with Gasteiger partial charge in [-0.3, -0.25) is 4.79 Å². The minimum atomic E-state index is -0.935. The van der Waals surface area contributed by atoms with Gasteiger partial charge in [0.1, 0.15) is 6.10 Å². The number of fused-ring (bicyclic) bond motifs is 1. The van der Waals surface area contributed by atoms with E-state index in [9.17, 15) is 9.90 Å². The highest BCUT2D eigenvalue weighted by molar-refractivity contribution is 8.01. The molecule has 8 heteroatoms. The highest BCUT2D eigenvalue weighted by Gasteiger charge is 2.51. The van der Waals surface area contributed by atoms with E-state index in [0.717, 1.165) is 31.9 Å². The summed E-state index contributed by atoms with van der Waals surface area (Å²) >= 11 is 3.05. The number of thioether (sulfide) groups is 1. The van der Waals surface area contributed by atoms with Crippen LogP contribution in [0.25, 0.3) is 10.3 Å². The summed E-state index contributed by atoms with van der Waals surface area (Å²) in [6.07, 6.45) is -0.935. The SMILES string of the molecule is Cn1nnc2sc(C(O)C3C(=O)NC3SC(c3ccccc3)(c3ccccc3)c3ccccc3)cc21. The van der Waals surface area contributed by atoms with Crippen molar-refractivity contribution in [2.24, 2.45) is 13.0 Å². The Balaban J connectivity index is 1.43. The fraction of sp³-hybridized carbons (Fsp3) is 0.179. The van der Waals surface area contributed by atoms with E-state index in [-0.39, 0.29) is 11.3 Å². The molecular formula is C28H24N4O2S2. The Labute approximate surface area is 217 Å². The summed E-state index contributed by atoms with van der Waals surface area (Å²) in [5.41, 5.74) is 4.18. The van der Waals surface area contributed by atoms with Crippen LogP contribution in [0.3, 0.4) is 0 Å². The van der Waals surface area contributed by atoms with Crippen LogP contribution in [0, 0.1) is 5.92 Å². The number of hydrogen-bond donors (Lipinski definition) is 2. The normalized spacial score (nSPS) is 18.6. The molecule has 3 atom stereocenters. The zero-order chi connectivity index (χ0) is 24.7. The van der Waals surface area contributed by atoms with Crippen molar-refractivity contribution in [1.29, 1.82) is 0 Å². The summed E-state index contributed by atoms with van der Waals surface area (Å²) in [5, 5.41) is 22.3. The number of aliphatic hydroxyl groups is 1. The number of nitrogens with zero attached hydrogens (tertiary/aromatic N) is 3. The van der Waals surface area contributed by atoms with E-state index in [1.807, 2.05) is 67.7 Å². The van der Waals surface area contributed by atoms with E-state index in [1.54, 1.807) is 16.4 Å². The highest BCUT2D eigenvalue weighted by Crippen LogP contribution is 2.53. The zero-order valence-corrected chi connectivity index (χ0v) is 21.1. The Kier molecular flexibility index (Phi) is 5.87. The molecule has 1 aliphatic heterocycles. The van der Waals surface area contributed by atoms with Crippen LogP contribution in [-0.2, 0) is 16.6 Å². The minimum Gasteiger partial charge on any atom is -0.387 e. The molecule has 36 heavy (non-hydrogen) atoms. The molecule has 0 radical (unpaired) electrons. The Bertz CT molecular complexity index is 1410. The molecule has 1 aliphatic rings. The maximum atomic E-state index is 12.9. The lowest BCUT2D eigenvalue weighted by Gasteiger charge is -2.45. The van der Waals surface area contributed by atoms with Gasteiger partial charge in [0.25, 0.3) is 0 Å². The standard InChI is InChI=1S/C28H24N4O2S2/c1-32-21-17-22(35-26(21)30-31-32)24(33)23-25(34)29-27(23)36-28(18-11-5-2-6-12-18,19-13-7-3-8-14-19)20-15-9-4-10-16-20/h2-17,23-24,27,33H,1H3,(H,29,34). The Morgan fingerprint density at radius 3 is 1.94 bits per heavy atom. The molecule has 6 nitrogen and oxygen atoms in total. The highest BCUT2D eigenvalue weighted by atomic mass is 32.2. The Morgan fingerprint density at radius 2 is 1.47 bits per heavy atom. The van der Waals surface area contributed by atoms with Crippen molar-refractivity contribution in [3.05, 3.63) is 119 Å². The topological polar surface area (TPSA) is 80.0 Å². The Hall–Kier alpha value is -3.46. The summed E-state index contributed by atoms with van der Waals surface area (Å²) in [6, 6.07) is 32.9. The van der Waals surface area contributed by atoms with Crippen molar-refractivity contribution in [2.45, 2.75) is 16.2 Å². The van der Waals surface area contributed by atoms with Gasteiger partial charge in [-0.05, 0) is 22.8 Å². The van der Waals surface area contributed by atoms with Crippen LogP contribution in [0.5, 0.6) is 0 Å². The van der Waals surface area contributed by atoms with Crippen molar-refractivity contribution in [2.75, 3.05) is 0 Å². The molecule has 2 aromatic heterocycles. The van der Waals surface area contributed by atoms with Gasteiger partial charge in [0.05, 0.1) is 21.6 Å². The molecule has 0 bridgehead atoms. The number of amides is 1. The third kappa shape index (κ3) is 3.73. The summed E-state index contributed by atoms with van der Waals surface area (Å²) in [5.74, 6) is -0.738. The van der Waals surface area contributed by atoms with Crippen LogP contribution >= 0.6 is 23.1 Å². The van der Waals surface area contributed by atoms with Gasteiger partial charge in [0.2, 0.25) is 5.91 Å². The van der Waals surface area contributed by atoms with Gasteiger partial charge in [-0.2, -0.15) is 0 Å². The molecule has 1 saturated heterocycles. The first kappa shape index (κ1) is 23.0. The van der Waals surface area contributed by atoms with Gasteiger partial charge >= 0.3 is 0 Å². The third-order valence-corrected chi connectivity index (χ3v) is 9.53. The Morgan fingerprint density at radius 1 is 0.944 bits per heavy atom. The van der Waals surface area contributed by atoms with Gasteiger partial charge in [-0.1, -0.05) is 96.2 Å². The smallest absolute Gasteiger partial charge is 0.229 e. The first-order chi connectivity index (χ1) is 17.6. The number of carbonyl (C=O) groups excluding carboxylic acids is 1. The van der Waals surface area contributed by atoms with Crippen molar-refractivity contribution < 1.29 is 9.90 Å². The molecule has 3 aromatic carbocycles. The number of aromatic nitrogens is 3. The maximum absolute atomic E-state index is 12.9. The van der Waals surface area contributed by atoms with Gasteiger partial charge in [-0.25, -0.2) is 4.68 Å². The third-order valence-electron chi connectivity index (χ3n) is 6.72. The number of aliphatic hydroxyl groups excluding tert-OH is 1. The summed E-state index contributed by atoms with van der Waals surface area (Å²) in [6.45, 7) is 0. The molecule has 0 saturated carbocycles. The van der Waals surface area contributed by atoms with Gasteiger partial charge in [0, 0.05) is 11.9 Å². The number of β-lactam (4-membered cyclic amide) rings is 1. The lowest BCUT2D eigenvalue weighted by molar-refractivity contribution is -0.137. The molecular weight excluding hydrogens is 488 g/mol. The van der Waals surface area contributed by atoms with Gasteiger partial charge < -0.3 is 10.4 Å². The largest absolute Gasteiger partial charge is 0.387 e. The molecule has 180 valence electrons. The molecule has 2 N–H and O–H groups in total.